The van der Waals surface area contributed by atoms with Crippen molar-refractivity contribution in [3.63, 3.8) is 0 Å². The molecular weight excluding hydrogens is 324 g/mol. The van der Waals surface area contributed by atoms with Crippen molar-refractivity contribution < 1.29 is 9.90 Å². The van der Waals surface area contributed by atoms with E-state index in [-0.39, 0.29) is 17.2 Å². The molecule has 4 nitrogen and oxygen atoms in total. The number of pyridine rings is 1. The molecule has 1 aliphatic rings. The Kier molecular flexibility index (Phi) is 3.66. The Labute approximate surface area is 152 Å². The lowest BCUT2D eigenvalue weighted by Gasteiger charge is -2.11. The van der Waals surface area contributed by atoms with Crippen molar-refractivity contribution in [3.05, 3.63) is 69.9 Å². The zero-order valence-electron chi connectivity index (χ0n) is 14.7. The van der Waals surface area contributed by atoms with Crippen LogP contribution in [0.25, 0.3) is 10.9 Å². The summed E-state index contributed by atoms with van der Waals surface area (Å²) in [6, 6.07) is 10.3. The molecule has 4 heteroatoms. The van der Waals surface area contributed by atoms with E-state index in [1.54, 1.807) is 18.1 Å². The minimum atomic E-state index is -0.221. The molecule has 1 aromatic heterocycles. The summed E-state index contributed by atoms with van der Waals surface area (Å²) in [5, 5.41) is 11.3. The van der Waals surface area contributed by atoms with E-state index in [0.29, 0.717) is 23.2 Å². The van der Waals surface area contributed by atoms with E-state index >= 15 is 0 Å². The molecule has 26 heavy (non-hydrogen) atoms. The highest BCUT2D eigenvalue weighted by Gasteiger charge is 2.32. The molecule has 0 saturated carbocycles. The normalized spacial score (nSPS) is 13.1. The molecular formula is C22H18N2O2. The van der Waals surface area contributed by atoms with Gasteiger partial charge in [-0.2, -0.15) is 0 Å². The average molecular weight is 342 g/mol. The Morgan fingerprint density at radius 1 is 1.27 bits per heavy atom. The number of nitrogens with zero attached hydrogens (tertiary/aromatic N) is 2. The lowest BCUT2D eigenvalue weighted by Crippen LogP contribution is -2.17. The number of benzene rings is 2. The molecule has 128 valence electrons. The molecule has 0 bridgehead atoms. The largest absolute Gasteiger partial charge is 0.505 e. The molecule has 0 aliphatic carbocycles. The van der Waals surface area contributed by atoms with Gasteiger partial charge in [0.15, 0.2) is 5.75 Å². The Morgan fingerprint density at radius 3 is 2.69 bits per heavy atom. The maximum atomic E-state index is 12.3. The van der Waals surface area contributed by atoms with E-state index in [0.717, 1.165) is 17.4 Å². The van der Waals surface area contributed by atoms with Crippen LogP contribution in [0.15, 0.2) is 36.5 Å². The standard InChI is InChI=1S/C22H18N2O2/c1-4-16-17-10-15(9-14-7-5-13(2)6-8-14)11-23-20(17)21(25)19-18(16)12-24(3)22(19)26/h1,5-8,10-11,25H,9,12H2,2-3H3. The van der Waals surface area contributed by atoms with Gasteiger partial charge in [-0.3, -0.25) is 9.78 Å². The number of fused-ring (bicyclic) bond motifs is 2. The van der Waals surface area contributed by atoms with Gasteiger partial charge in [0.1, 0.15) is 5.52 Å². The van der Waals surface area contributed by atoms with Crippen molar-refractivity contribution in [2.45, 2.75) is 19.9 Å². The number of aromatic hydroxyl groups is 1. The van der Waals surface area contributed by atoms with E-state index in [1.807, 2.05) is 6.07 Å². The predicted octanol–water partition coefficient (Wildman–Crippen LogP) is 3.41. The molecule has 2 heterocycles. The minimum absolute atomic E-state index is 0.0785. The number of carbonyl (C=O) groups is 1. The van der Waals surface area contributed by atoms with Crippen LogP contribution in [0.1, 0.15) is 38.2 Å². The third kappa shape index (κ3) is 2.41. The SMILES string of the molecule is C#Cc1c2c(c(O)c3ncc(Cc4ccc(C)cc4)cc13)C(=O)N(C)C2. The number of phenols is 1. The molecule has 4 rings (SSSR count). The van der Waals surface area contributed by atoms with E-state index in [1.165, 1.54) is 11.1 Å². The number of amides is 1. The number of carbonyl (C=O) groups excluding carboxylic acids is 1. The van der Waals surface area contributed by atoms with Crippen LogP contribution in [0.3, 0.4) is 0 Å². The summed E-state index contributed by atoms with van der Waals surface area (Å²) in [5.74, 6) is 2.41. The Balaban J connectivity index is 1.88. The summed E-state index contributed by atoms with van der Waals surface area (Å²) in [6.07, 6.45) is 8.22. The quantitative estimate of drug-likeness (QED) is 0.726. The monoisotopic (exact) mass is 342 g/mol. The van der Waals surface area contributed by atoms with Gasteiger partial charge in [0.25, 0.3) is 5.91 Å². The molecule has 0 saturated heterocycles. The van der Waals surface area contributed by atoms with Crippen LogP contribution in [-0.4, -0.2) is 27.9 Å². The van der Waals surface area contributed by atoms with Crippen molar-refractivity contribution in [2.75, 3.05) is 7.05 Å². The van der Waals surface area contributed by atoms with Gasteiger partial charge in [0.05, 0.1) is 5.56 Å². The topological polar surface area (TPSA) is 53.4 Å². The van der Waals surface area contributed by atoms with Gasteiger partial charge in [0.2, 0.25) is 0 Å². The van der Waals surface area contributed by atoms with Gasteiger partial charge in [-0.25, -0.2) is 0 Å². The Bertz CT molecular complexity index is 1090. The number of terminal acetylenes is 1. The second-order valence-electron chi connectivity index (χ2n) is 6.78. The first-order valence-corrected chi connectivity index (χ1v) is 8.43. The first kappa shape index (κ1) is 16.2. The van der Waals surface area contributed by atoms with Crippen LogP contribution in [0.2, 0.25) is 0 Å². The van der Waals surface area contributed by atoms with Gasteiger partial charge in [-0.05, 0) is 30.5 Å². The predicted molar refractivity (Wildman–Crippen MR) is 101 cm³/mol. The van der Waals surface area contributed by atoms with Gasteiger partial charge in [-0.1, -0.05) is 35.7 Å². The van der Waals surface area contributed by atoms with Crippen LogP contribution in [0.4, 0.5) is 0 Å². The lowest BCUT2D eigenvalue weighted by molar-refractivity contribution is 0.0814. The van der Waals surface area contributed by atoms with E-state index < -0.39 is 0 Å². The summed E-state index contributed by atoms with van der Waals surface area (Å²) in [7, 11) is 1.70. The number of hydrogen-bond acceptors (Lipinski definition) is 3. The highest BCUT2D eigenvalue weighted by molar-refractivity contribution is 6.08. The molecule has 2 aromatic carbocycles. The highest BCUT2D eigenvalue weighted by atomic mass is 16.3. The number of aromatic nitrogens is 1. The van der Waals surface area contributed by atoms with Crippen molar-refractivity contribution in [1.29, 1.82) is 0 Å². The van der Waals surface area contributed by atoms with Crippen LogP contribution in [0, 0.1) is 19.3 Å². The number of hydrogen-bond donors (Lipinski definition) is 1. The molecule has 1 amide bonds. The first-order chi connectivity index (χ1) is 12.5. The van der Waals surface area contributed by atoms with Crippen LogP contribution in [0.5, 0.6) is 5.75 Å². The summed E-state index contributed by atoms with van der Waals surface area (Å²) in [5.41, 5.74) is 5.42. The maximum Gasteiger partial charge on any atom is 0.258 e. The van der Waals surface area contributed by atoms with Gasteiger partial charge < -0.3 is 10.0 Å². The van der Waals surface area contributed by atoms with Crippen molar-refractivity contribution in [3.8, 4) is 18.1 Å². The van der Waals surface area contributed by atoms with Crippen LogP contribution < -0.4 is 0 Å². The molecule has 0 unspecified atom stereocenters. The summed E-state index contributed by atoms with van der Waals surface area (Å²) in [6.45, 7) is 2.46. The van der Waals surface area contributed by atoms with Crippen molar-refractivity contribution >= 4 is 16.8 Å². The number of rotatable bonds is 2. The molecule has 1 N–H and O–H groups in total. The lowest BCUT2D eigenvalue weighted by atomic mass is 9.95. The van der Waals surface area contributed by atoms with E-state index in [2.05, 4.69) is 42.1 Å². The molecule has 0 spiro atoms. The fourth-order valence-corrected chi connectivity index (χ4v) is 3.53. The summed E-state index contributed by atoms with van der Waals surface area (Å²) >= 11 is 0. The van der Waals surface area contributed by atoms with Crippen LogP contribution in [-0.2, 0) is 13.0 Å². The van der Waals surface area contributed by atoms with E-state index in [4.69, 9.17) is 6.42 Å². The highest BCUT2D eigenvalue weighted by Crippen LogP contribution is 2.39. The molecule has 0 atom stereocenters. The third-order valence-electron chi connectivity index (χ3n) is 4.91. The fourth-order valence-electron chi connectivity index (χ4n) is 3.53. The average Bonchev–Trinajstić information content (AvgIpc) is 2.92. The fraction of sp³-hybridized carbons (Fsp3) is 0.182. The van der Waals surface area contributed by atoms with E-state index in [9.17, 15) is 9.90 Å². The Morgan fingerprint density at radius 2 is 2.00 bits per heavy atom. The third-order valence-corrected chi connectivity index (χ3v) is 4.91. The molecule has 0 radical (unpaired) electrons. The zero-order chi connectivity index (χ0) is 18.4. The Hall–Kier alpha value is -3.32. The second kappa shape index (κ2) is 5.89. The maximum absolute atomic E-state index is 12.3. The summed E-state index contributed by atoms with van der Waals surface area (Å²) in [4.78, 5) is 18.3. The van der Waals surface area contributed by atoms with Gasteiger partial charge >= 0.3 is 0 Å². The molecule has 1 aliphatic heterocycles. The number of phenolic OH excluding ortho intramolecular Hbond substituents is 1. The summed E-state index contributed by atoms with van der Waals surface area (Å²) < 4.78 is 0. The minimum Gasteiger partial charge on any atom is -0.505 e. The van der Waals surface area contributed by atoms with Gasteiger partial charge in [-0.15, -0.1) is 6.42 Å². The molecule has 0 fully saturated rings. The first-order valence-electron chi connectivity index (χ1n) is 8.43. The molecule has 3 aromatic rings. The zero-order valence-corrected chi connectivity index (χ0v) is 14.7. The van der Waals surface area contributed by atoms with Crippen molar-refractivity contribution in [2.24, 2.45) is 0 Å². The van der Waals surface area contributed by atoms with Crippen LogP contribution >= 0.6 is 0 Å². The smallest absolute Gasteiger partial charge is 0.258 e. The van der Waals surface area contributed by atoms with Gasteiger partial charge in [0, 0.05) is 36.3 Å². The number of aryl methyl sites for hydroxylation is 1. The van der Waals surface area contributed by atoms with Crippen molar-refractivity contribution in [1.82, 2.24) is 9.88 Å². The second-order valence-corrected chi connectivity index (χ2v) is 6.78.